The van der Waals surface area contributed by atoms with E-state index in [0.717, 1.165) is 12.1 Å². The molecule has 0 atom stereocenters. The Labute approximate surface area is 116 Å². The Bertz CT molecular complexity index is 901. The van der Waals surface area contributed by atoms with Crippen LogP contribution in [0, 0.1) is 0 Å². The van der Waals surface area contributed by atoms with Gasteiger partial charge in [0.2, 0.25) is 0 Å². The van der Waals surface area contributed by atoms with E-state index >= 15 is 0 Å². The Kier molecular flexibility index (Phi) is 2.49. The summed E-state index contributed by atoms with van der Waals surface area (Å²) < 4.78 is 4.26. The van der Waals surface area contributed by atoms with Crippen LogP contribution in [0.5, 0.6) is 0 Å². The quantitative estimate of drug-likeness (QED) is 0.566. The molecule has 4 aromatic rings. The molecule has 0 fully saturated rings. The number of hydrogen-bond donors (Lipinski definition) is 0. The molecule has 0 radical (unpaired) electrons. The Balaban J connectivity index is 2.19. The van der Waals surface area contributed by atoms with E-state index in [-0.39, 0.29) is 0 Å². The smallest absolute Gasteiger partial charge is 0.111 e. The highest BCUT2D eigenvalue weighted by atomic mass is 15.4. The third-order valence-corrected chi connectivity index (χ3v) is 3.95. The zero-order valence-corrected chi connectivity index (χ0v) is 11.5. The molecule has 0 amide bonds. The van der Waals surface area contributed by atoms with Gasteiger partial charge >= 0.3 is 0 Å². The van der Waals surface area contributed by atoms with E-state index in [1.807, 2.05) is 16.9 Å². The van der Waals surface area contributed by atoms with Crippen LogP contribution in [0.1, 0.15) is 19.8 Å². The maximum atomic E-state index is 4.11. The van der Waals surface area contributed by atoms with E-state index in [1.54, 1.807) is 0 Å². The van der Waals surface area contributed by atoms with Crippen LogP contribution in [0.25, 0.3) is 27.3 Å². The van der Waals surface area contributed by atoms with Crippen molar-refractivity contribution in [3.8, 4) is 0 Å². The van der Waals surface area contributed by atoms with Crippen LogP contribution in [0.4, 0.5) is 0 Å². The van der Waals surface area contributed by atoms with Gasteiger partial charge in [0.1, 0.15) is 5.52 Å². The molecule has 0 saturated carbocycles. The Morgan fingerprint density at radius 3 is 2.85 bits per heavy atom. The maximum Gasteiger partial charge on any atom is 0.111 e. The lowest BCUT2D eigenvalue weighted by Crippen LogP contribution is -1.98. The molecule has 3 heterocycles. The van der Waals surface area contributed by atoms with Crippen LogP contribution < -0.4 is 0 Å². The molecule has 0 N–H and O–H groups in total. The van der Waals surface area contributed by atoms with Crippen molar-refractivity contribution >= 4 is 27.3 Å². The first-order chi connectivity index (χ1) is 9.90. The topological polar surface area (TPSA) is 35.1 Å². The van der Waals surface area contributed by atoms with Gasteiger partial charge in [-0.05, 0) is 18.6 Å². The lowest BCUT2D eigenvalue weighted by atomic mass is 10.2. The Hall–Kier alpha value is -2.36. The predicted molar refractivity (Wildman–Crippen MR) is 80.9 cm³/mol. The highest BCUT2D eigenvalue weighted by molar-refractivity contribution is 6.12. The average molecular weight is 264 g/mol. The standard InChI is InChI=1S/C16H16N4/c1-2-3-9-19-14-7-5-4-6-12(14)13-8-10-20-15(16(13)19)11-17-18-20/h4-8,10-11H,2-3,9H2,1H3. The number of aryl methyl sites for hydroxylation is 1. The van der Waals surface area contributed by atoms with E-state index in [1.165, 1.54) is 34.6 Å². The first kappa shape index (κ1) is 11.5. The molecule has 0 saturated heterocycles. The molecule has 0 bridgehead atoms. The maximum absolute atomic E-state index is 4.11. The summed E-state index contributed by atoms with van der Waals surface area (Å²) in [6.07, 6.45) is 6.20. The van der Waals surface area contributed by atoms with Crippen molar-refractivity contribution in [3.63, 3.8) is 0 Å². The summed E-state index contributed by atoms with van der Waals surface area (Å²) in [5.41, 5.74) is 3.62. The van der Waals surface area contributed by atoms with E-state index < -0.39 is 0 Å². The monoisotopic (exact) mass is 264 g/mol. The van der Waals surface area contributed by atoms with Crippen molar-refractivity contribution in [2.24, 2.45) is 0 Å². The van der Waals surface area contributed by atoms with Gasteiger partial charge in [0.05, 0.1) is 11.7 Å². The molecule has 0 aliphatic heterocycles. The number of aromatic nitrogens is 4. The fourth-order valence-electron chi connectivity index (χ4n) is 2.99. The van der Waals surface area contributed by atoms with E-state index in [2.05, 4.69) is 52.1 Å². The first-order valence-corrected chi connectivity index (χ1v) is 7.10. The van der Waals surface area contributed by atoms with Gasteiger partial charge in [0, 0.05) is 29.0 Å². The zero-order chi connectivity index (χ0) is 13.5. The van der Waals surface area contributed by atoms with Gasteiger partial charge in [-0.1, -0.05) is 36.8 Å². The molecule has 100 valence electrons. The van der Waals surface area contributed by atoms with E-state index in [9.17, 15) is 0 Å². The van der Waals surface area contributed by atoms with Gasteiger partial charge in [-0.15, -0.1) is 5.10 Å². The van der Waals surface area contributed by atoms with Crippen molar-refractivity contribution in [1.82, 2.24) is 19.4 Å². The minimum Gasteiger partial charge on any atom is -0.339 e. The van der Waals surface area contributed by atoms with Gasteiger partial charge < -0.3 is 4.57 Å². The fraction of sp³-hybridized carbons (Fsp3) is 0.250. The number of fused-ring (bicyclic) bond motifs is 5. The molecule has 3 aromatic heterocycles. The normalized spacial score (nSPS) is 11.8. The van der Waals surface area contributed by atoms with Crippen LogP contribution in [0.3, 0.4) is 0 Å². The number of nitrogens with zero attached hydrogens (tertiary/aromatic N) is 4. The molecule has 1 aromatic carbocycles. The van der Waals surface area contributed by atoms with Crippen LogP contribution in [0.2, 0.25) is 0 Å². The second kappa shape index (κ2) is 4.34. The second-order valence-corrected chi connectivity index (χ2v) is 5.16. The number of unbranched alkanes of at least 4 members (excludes halogenated alkanes) is 1. The van der Waals surface area contributed by atoms with Crippen molar-refractivity contribution in [3.05, 3.63) is 42.7 Å². The minimum absolute atomic E-state index is 1.03. The molecule has 20 heavy (non-hydrogen) atoms. The first-order valence-electron chi connectivity index (χ1n) is 7.10. The molecule has 4 nitrogen and oxygen atoms in total. The molecule has 0 aliphatic carbocycles. The van der Waals surface area contributed by atoms with Crippen molar-refractivity contribution in [1.29, 1.82) is 0 Å². The number of hydrogen-bond acceptors (Lipinski definition) is 2. The SMILES string of the molecule is CCCCn1c2ccccc2c2ccn3nncc3c21. The van der Waals surface area contributed by atoms with Crippen LogP contribution in [-0.2, 0) is 6.54 Å². The van der Waals surface area contributed by atoms with Gasteiger partial charge in [0.25, 0.3) is 0 Å². The van der Waals surface area contributed by atoms with Crippen LogP contribution >= 0.6 is 0 Å². The van der Waals surface area contributed by atoms with Crippen molar-refractivity contribution in [2.45, 2.75) is 26.3 Å². The second-order valence-electron chi connectivity index (χ2n) is 5.16. The number of rotatable bonds is 3. The summed E-state index contributed by atoms with van der Waals surface area (Å²) in [5, 5.41) is 10.7. The molecule has 4 heteroatoms. The highest BCUT2D eigenvalue weighted by Crippen LogP contribution is 2.31. The number of pyridine rings is 1. The van der Waals surface area contributed by atoms with Gasteiger partial charge in [-0.25, -0.2) is 4.52 Å². The van der Waals surface area contributed by atoms with Gasteiger partial charge in [0.15, 0.2) is 0 Å². The molecule has 0 unspecified atom stereocenters. The van der Waals surface area contributed by atoms with Crippen LogP contribution in [-0.4, -0.2) is 19.4 Å². The molecular formula is C16H16N4. The van der Waals surface area contributed by atoms with Gasteiger partial charge in [-0.2, -0.15) is 0 Å². The predicted octanol–water partition coefficient (Wildman–Crippen LogP) is 3.64. The Morgan fingerprint density at radius 2 is 1.95 bits per heavy atom. The summed E-state index contributed by atoms with van der Waals surface area (Å²) >= 11 is 0. The third-order valence-electron chi connectivity index (χ3n) is 3.95. The summed E-state index contributed by atoms with van der Waals surface area (Å²) in [7, 11) is 0. The van der Waals surface area contributed by atoms with Crippen molar-refractivity contribution < 1.29 is 0 Å². The fourth-order valence-corrected chi connectivity index (χ4v) is 2.99. The molecule has 4 rings (SSSR count). The molecule has 0 aliphatic rings. The summed E-state index contributed by atoms with van der Waals surface area (Å²) in [5.74, 6) is 0. The summed E-state index contributed by atoms with van der Waals surface area (Å²) in [4.78, 5) is 0. The lowest BCUT2D eigenvalue weighted by molar-refractivity contribution is 0.665. The van der Waals surface area contributed by atoms with Crippen LogP contribution in [0.15, 0.2) is 42.7 Å². The number of para-hydroxylation sites is 1. The zero-order valence-electron chi connectivity index (χ0n) is 11.5. The molecular weight excluding hydrogens is 248 g/mol. The highest BCUT2D eigenvalue weighted by Gasteiger charge is 2.13. The van der Waals surface area contributed by atoms with E-state index in [4.69, 9.17) is 0 Å². The average Bonchev–Trinajstić information content (AvgIpc) is 3.07. The summed E-state index contributed by atoms with van der Waals surface area (Å²) in [6, 6.07) is 10.7. The summed E-state index contributed by atoms with van der Waals surface area (Å²) in [6.45, 7) is 3.26. The molecule has 0 spiro atoms. The van der Waals surface area contributed by atoms with Gasteiger partial charge in [-0.3, -0.25) is 0 Å². The van der Waals surface area contributed by atoms with E-state index in [0.29, 0.717) is 0 Å². The lowest BCUT2D eigenvalue weighted by Gasteiger charge is -2.06. The minimum atomic E-state index is 1.03. The number of benzene rings is 1. The third kappa shape index (κ3) is 1.48. The largest absolute Gasteiger partial charge is 0.339 e. The Morgan fingerprint density at radius 1 is 1.05 bits per heavy atom. The van der Waals surface area contributed by atoms with Crippen molar-refractivity contribution in [2.75, 3.05) is 0 Å².